The predicted molar refractivity (Wildman–Crippen MR) is 72.6 cm³/mol. The van der Waals surface area contributed by atoms with Gasteiger partial charge in [-0.3, -0.25) is 4.79 Å². The highest BCUT2D eigenvalue weighted by Gasteiger charge is 2.48. The Morgan fingerprint density at radius 3 is 2.53 bits per heavy atom. The zero-order valence-electron chi connectivity index (χ0n) is 11.8. The Morgan fingerprint density at radius 1 is 1.53 bits per heavy atom. The number of carbonyl (C=O) groups is 2. The van der Waals surface area contributed by atoms with E-state index in [4.69, 9.17) is 6.42 Å². The highest BCUT2D eigenvalue weighted by molar-refractivity contribution is 5.80. The average molecular weight is 266 g/mol. The standard InChI is InChI=1S/C14H22N2O3/c1-5-8-15(6-2)13(19)16-9-7-14(10-16,11(3)4)12(17)18/h1,11H,6-10H2,2-4H3,(H,17,18). The second-order valence-corrected chi connectivity index (χ2v) is 5.29. The van der Waals surface area contributed by atoms with Gasteiger partial charge in [0.25, 0.3) is 0 Å². The van der Waals surface area contributed by atoms with E-state index < -0.39 is 11.4 Å². The van der Waals surface area contributed by atoms with Crippen molar-refractivity contribution < 1.29 is 14.7 Å². The normalized spacial score (nSPS) is 22.4. The first-order chi connectivity index (χ1) is 8.89. The van der Waals surface area contributed by atoms with E-state index in [1.165, 1.54) is 0 Å². The van der Waals surface area contributed by atoms with Crippen LogP contribution in [0.1, 0.15) is 27.2 Å². The molecule has 1 aliphatic rings. The molecule has 1 unspecified atom stereocenters. The van der Waals surface area contributed by atoms with Crippen molar-refractivity contribution in [1.82, 2.24) is 9.80 Å². The molecule has 106 valence electrons. The van der Waals surface area contributed by atoms with Gasteiger partial charge in [-0.2, -0.15) is 0 Å². The van der Waals surface area contributed by atoms with Crippen LogP contribution in [0.25, 0.3) is 0 Å². The van der Waals surface area contributed by atoms with Crippen LogP contribution in [0.3, 0.4) is 0 Å². The molecule has 19 heavy (non-hydrogen) atoms. The minimum atomic E-state index is -0.828. The predicted octanol–water partition coefficient (Wildman–Crippen LogP) is 1.49. The van der Waals surface area contributed by atoms with Crippen molar-refractivity contribution in [3.05, 3.63) is 0 Å². The van der Waals surface area contributed by atoms with Gasteiger partial charge >= 0.3 is 12.0 Å². The third-order valence-corrected chi connectivity index (χ3v) is 4.04. The van der Waals surface area contributed by atoms with E-state index >= 15 is 0 Å². The largest absolute Gasteiger partial charge is 0.481 e. The molecule has 1 N–H and O–H groups in total. The van der Waals surface area contributed by atoms with Crippen molar-refractivity contribution in [2.75, 3.05) is 26.2 Å². The van der Waals surface area contributed by atoms with Crippen LogP contribution in [0.4, 0.5) is 4.79 Å². The van der Waals surface area contributed by atoms with Crippen LogP contribution < -0.4 is 0 Å². The molecule has 1 heterocycles. The molecule has 1 fully saturated rings. The number of urea groups is 1. The number of amides is 2. The van der Waals surface area contributed by atoms with Crippen LogP contribution in [-0.2, 0) is 4.79 Å². The Morgan fingerprint density at radius 2 is 2.16 bits per heavy atom. The summed E-state index contributed by atoms with van der Waals surface area (Å²) in [6.07, 6.45) is 5.73. The number of hydrogen-bond acceptors (Lipinski definition) is 2. The first-order valence-corrected chi connectivity index (χ1v) is 6.59. The van der Waals surface area contributed by atoms with E-state index in [2.05, 4.69) is 5.92 Å². The van der Waals surface area contributed by atoms with Crippen molar-refractivity contribution in [3.63, 3.8) is 0 Å². The van der Waals surface area contributed by atoms with Crippen molar-refractivity contribution in [1.29, 1.82) is 0 Å². The molecule has 0 radical (unpaired) electrons. The molecule has 1 saturated heterocycles. The van der Waals surface area contributed by atoms with E-state index in [9.17, 15) is 14.7 Å². The first kappa shape index (κ1) is 15.4. The maximum absolute atomic E-state index is 12.3. The van der Waals surface area contributed by atoms with E-state index in [0.29, 0.717) is 19.5 Å². The summed E-state index contributed by atoms with van der Waals surface area (Å²) in [5.41, 5.74) is -0.828. The number of likely N-dealkylation sites (tertiary alicyclic amines) is 1. The molecule has 0 aromatic carbocycles. The van der Waals surface area contributed by atoms with Crippen molar-refractivity contribution in [2.24, 2.45) is 11.3 Å². The molecule has 0 bridgehead atoms. The van der Waals surface area contributed by atoms with Crippen LogP contribution in [0.5, 0.6) is 0 Å². The maximum Gasteiger partial charge on any atom is 0.320 e. The molecule has 0 aromatic heterocycles. The van der Waals surface area contributed by atoms with Gasteiger partial charge < -0.3 is 14.9 Å². The Bertz CT molecular complexity index is 400. The number of carboxylic acid groups (broad SMARTS) is 1. The van der Waals surface area contributed by atoms with Gasteiger partial charge in [-0.05, 0) is 19.3 Å². The second kappa shape index (κ2) is 5.96. The fourth-order valence-corrected chi connectivity index (χ4v) is 2.51. The molecule has 1 aliphatic heterocycles. The summed E-state index contributed by atoms with van der Waals surface area (Å²) in [6, 6.07) is -0.163. The molecule has 2 amide bonds. The van der Waals surface area contributed by atoms with Crippen LogP contribution in [-0.4, -0.2) is 53.1 Å². The molecule has 1 rings (SSSR count). The number of nitrogens with zero attached hydrogens (tertiary/aromatic N) is 2. The summed E-state index contributed by atoms with van der Waals surface area (Å²) >= 11 is 0. The number of carboxylic acids is 1. The van der Waals surface area contributed by atoms with Gasteiger partial charge in [-0.25, -0.2) is 4.79 Å². The molecule has 0 aliphatic carbocycles. The zero-order valence-corrected chi connectivity index (χ0v) is 11.8. The molecule has 5 nitrogen and oxygen atoms in total. The zero-order chi connectivity index (χ0) is 14.6. The number of hydrogen-bond donors (Lipinski definition) is 1. The van der Waals surface area contributed by atoms with Gasteiger partial charge in [0.2, 0.25) is 0 Å². The molecule has 1 atom stereocenters. The smallest absolute Gasteiger partial charge is 0.320 e. The van der Waals surface area contributed by atoms with Crippen molar-refractivity contribution >= 4 is 12.0 Å². The van der Waals surface area contributed by atoms with Gasteiger partial charge in [-0.15, -0.1) is 6.42 Å². The summed E-state index contributed by atoms with van der Waals surface area (Å²) in [5, 5.41) is 9.45. The fourth-order valence-electron chi connectivity index (χ4n) is 2.51. The lowest BCUT2D eigenvalue weighted by atomic mass is 9.76. The summed E-state index contributed by atoms with van der Waals surface area (Å²) in [7, 11) is 0. The quantitative estimate of drug-likeness (QED) is 0.784. The van der Waals surface area contributed by atoms with Gasteiger partial charge in [0, 0.05) is 19.6 Å². The number of carbonyl (C=O) groups excluding carboxylic acids is 1. The van der Waals surface area contributed by atoms with Gasteiger partial charge in [-0.1, -0.05) is 19.8 Å². The van der Waals surface area contributed by atoms with Gasteiger partial charge in [0.15, 0.2) is 0 Å². The highest BCUT2D eigenvalue weighted by Crippen LogP contribution is 2.38. The number of terminal acetylenes is 1. The first-order valence-electron chi connectivity index (χ1n) is 6.59. The SMILES string of the molecule is C#CCN(CC)C(=O)N1CCC(C(=O)O)(C(C)C)C1. The topological polar surface area (TPSA) is 60.9 Å². The van der Waals surface area contributed by atoms with E-state index in [1.807, 2.05) is 20.8 Å². The summed E-state index contributed by atoms with van der Waals surface area (Å²) in [4.78, 5) is 26.9. The maximum atomic E-state index is 12.3. The summed E-state index contributed by atoms with van der Waals surface area (Å²) in [5.74, 6) is 1.62. The van der Waals surface area contributed by atoms with Crippen molar-refractivity contribution in [2.45, 2.75) is 27.2 Å². The van der Waals surface area contributed by atoms with Crippen molar-refractivity contribution in [3.8, 4) is 12.3 Å². The Balaban J connectivity index is 2.83. The third kappa shape index (κ3) is 2.83. The molecule has 0 spiro atoms. The van der Waals surface area contributed by atoms with Crippen LogP contribution in [0.15, 0.2) is 0 Å². The highest BCUT2D eigenvalue weighted by atomic mass is 16.4. The minimum absolute atomic E-state index is 0.00879. The Kier molecular flexibility index (Phi) is 4.82. The number of rotatable bonds is 4. The molecular weight excluding hydrogens is 244 g/mol. The van der Waals surface area contributed by atoms with Crippen LogP contribution >= 0.6 is 0 Å². The third-order valence-electron chi connectivity index (χ3n) is 4.04. The lowest BCUT2D eigenvalue weighted by Crippen LogP contribution is -2.45. The van der Waals surface area contributed by atoms with Crippen LogP contribution in [0.2, 0.25) is 0 Å². The van der Waals surface area contributed by atoms with E-state index in [-0.39, 0.29) is 25.0 Å². The molecule has 0 saturated carbocycles. The Hall–Kier alpha value is -1.70. The average Bonchev–Trinajstić information content (AvgIpc) is 2.81. The van der Waals surface area contributed by atoms with Gasteiger partial charge in [0.05, 0.1) is 12.0 Å². The molecule has 0 aromatic rings. The number of aliphatic carboxylic acids is 1. The lowest BCUT2D eigenvalue weighted by Gasteiger charge is -2.30. The fraction of sp³-hybridized carbons (Fsp3) is 0.714. The lowest BCUT2D eigenvalue weighted by molar-refractivity contribution is -0.150. The van der Waals surface area contributed by atoms with E-state index in [0.717, 1.165) is 0 Å². The summed E-state index contributed by atoms with van der Waals surface area (Å²) in [6.45, 7) is 7.17. The van der Waals surface area contributed by atoms with E-state index in [1.54, 1.807) is 9.80 Å². The summed E-state index contributed by atoms with van der Waals surface area (Å²) < 4.78 is 0. The second-order valence-electron chi connectivity index (χ2n) is 5.29. The Labute approximate surface area is 114 Å². The molecular formula is C14H22N2O3. The molecule has 5 heteroatoms. The van der Waals surface area contributed by atoms with Crippen LogP contribution in [0, 0.1) is 23.7 Å². The monoisotopic (exact) mass is 266 g/mol. The minimum Gasteiger partial charge on any atom is -0.481 e. The van der Waals surface area contributed by atoms with Gasteiger partial charge in [0.1, 0.15) is 0 Å².